The number of piperidine rings is 1. The van der Waals surface area contributed by atoms with Crippen LogP contribution in [0.1, 0.15) is 49.3 Å². The van der Waals surface area contributed by atoms with Crippen molar-refractivity contribution in [1.82, 2.24) is 14.9 Å². The third-order valence-electron chi connectivity index (χ3n) is 6.48. The van der Waals surface area contributed by atoms with E-state index in [0.29, 0.717) is 12.5 Å². The Bertz CT molecular complexity index is 973. The Labute approximate surface area is 178 Å². The summed E-state index contributed by atoms with van der Waals surface area (Å²) in [6.45, 7) is 4.45. The molecule has 2 saturated heterocycles. The van der Waals surface area contributed by atoms with E-state index < -0.39 is 0 Å². The molecule has 2 aliphatic rings. The van der Waals surface area contributed by atoms with E-state index in [4.69, 9.17) is 9.47 Å². The van der Waals surface area contributed by atoms with Crippen LogP contribution < -0.4 is 10.1 Å². The molecule has 2 fully saturated rings. The van der Waals surface area contributed by atoms with E-state index in [9.17, 15) is 0 Å². The van der Waals surface area contributed by atoms with Crippen LogP contribution in [-0.2, 0) is 4.74 Å². The van der Waals surface area contributed by atoms with Gasteiger partial charge in [0.15, 0.2) is 0 Å². The lowest BCUT2D eigenvalue weighted by molar-refractivity contribution is -0.0484. The van der Waals surface area contributed by atoms with Crippen LogP contribution in [0.25, 0.3) is 5.69 Å². The number of aromatic nitrogens is 2. The second-order valence-electron chi connectivity index (χ2n) is 8.30. The minimum atomic E-state index is -0.168. The SMILES string of the molecule is CCOc1ccc(-n2ccnc2)cc1[C@H]1CO[C@]2(CCCN[C@H]2c2ccccc2)C1. The summed E-state index contributed by atoms with van der Waals surface area (Å²) in [6.07, 6.45) is 8.84. The van der Waals surface area contributed by atoms with Crippen LogP contribution in [0.5, 0.6) is 5.75 Å². The van der Waals surface area contributed by atoms with Crippen molar-refractivity contribution >= 4 is 0 Å². The van der Waals surface area contributed by atoms with Crippen molar-refractivity contribution in [3.8, 4) is 11.4 Å². The van der Waals surface area contributed by atoms with Crippen molar-refractivity contribution in [1.29, 1.82) is 0 Å². The molecule has 3 aromatic rings. The molecule has 30 heavy (non-hydrogen) atoms. The van der Waals surface area contributed by atoms with Gasteiger partial charge in [-0.1, -0.05) is 30.3 Å². The minimum absolute atomic E-state index is 0.168. The van der Waals surface area contributed by atoms with Gasteiger partial charge in [0, 0.05) is 29.6 Å². The highest BCUT2D eigenvalue weighted by molar-refractivity contribution is 5.47. The molecule has 0 saturated carbocycles. The fraction of sp³-hybridized carbons (Fsp3) is 0.400. The normalized spacial score (nSPS) is 26.2. The quantitative estimate of drug-likeness (QED) is 0.674. The van der Waals surface area contributed by atoms with E-state index in [1.165, 1.54) is 11.1 Å². The number of benzene rings is 2. The molecule has 5 heteroatoms. The average molecular weight is 404 g/mol. The first-order valence-corrected chi connectivity index (χ1v) is 11.0. The first kappa shape index (κ1) is 19.3. The zero-order valence-corrected chi connectivity index (χ0v) is 17.5. The van der Waals surface area contributed by atoms with Gasteiger partial charge in [0.1, 0.15) is 5.75 Å². The van der Waals surface area contributed by atoms with Gasteiger partial charge in [0.2, 0.25) is 0 Å². The van der Waals surface area contributed by atoms with Crippen LogP contribution in [0.4, 0.5) is 0 Å². The van der Waals surface area contributed by atoms with Crippen LogP contribution in [0, 0.1) is 0 Å². The standard InChI is InChI=1S/C25H29N3O2/c1-2-29-23-10-9-21(28-14-13-26-18-28)15-22(23)20-16-25(30-17-20)11-6-12-27-24(25)19-7-4-3-5-8-19/h3-5,7-10,13-15,18,20,24,27H,2,6,11-12,16-17H2,1H3/t20-,24+,25-/m1/s1. The lowest BCUT2D eigenvalue weighted by atomic mass is 9.77. The number of hydrogen-bond acceptors (Lipinski definition) is 4. The summed E-state index contributed by atoms with van der Waals surface area (Å²) in [5.41, 5.74) is 3.49. The Morgan fingerprint density at radius 3 is 2.93 bits per heavy atom. The van der Waals surface area contributed by atoms with Crippen LogP contribution in [0.3, 0.4) is 0 Å². The maximum atomic E-state index is 6.64. The summed E-state index contributed by atoms with van der Waals surface area (Å²) in [7, 11) is 0. The fourth-order valence-electron chi connectivity index (χ4n) is 5.12. The number of nitrogens with zero attached hydrogens (tertiary/aromatic N) is 2. The number of hydrogen-bond donors (Lipinski definition) is 1. The number of nitrogens with one attached hydrogen (secondary N) is 1. The Morgan fingerprint density at radius 1 is 1.23 bits per heavy atom. The van der Waals surface area contributed by atoms with Crippen LogP contribution in [-0.4, -0.2) is 34.9 Å². The summed E-state index contributed by atoms with van der Waals surface area (Å²) < 4.78 is 14.7. The van der Waals surface area contributed by atoms with Crippen molar-refractivity contribution in [3.63, 3.8) is 0 Å². The maximum absolute atomic E-state index is 6.64. The predicted octanol–water partition coefficient (Wildman–Crippen LogP) is 4.64. The molecule has 2 aliphatic heterocycles. The van der Waals surface area contributed by atoms with Gasteiger partial charge in [0.25, 0.3) is 0 Å². The molecule has 0 bridgehead atoms. The zero-order chi connectivity index (χ0) is 20.4. The summed E-state index contributed by atoms with van der Waals surface area (Å²) in [5.74, 6) is 1.27. The molecule has 1 spiro atoms. The van der Waals surface area contributed by atoms with Gasteiger partial charge in [-0.05, 0) is 56.5 Å². The Hall–Kier alpha value is -2.63. The summed E-state index contributed by atoms with van der Waals surface area (Å²) in [6, 6.07) is 17.4. The molecule has 156 valence electrons. The van der Waals surface area contributed by atoms with Gasteiger partial charge in [0.05, 0.1) is 31.2 Å². The lowest BCUT2D eigenvalue weighted by Crippen LogP contribution is -2.48. The van der Waals surface area contributed by atoms with Gasteiger partial charge >= 0.3 is 0 Å². The van der Waals surface area contributed by atoms with Gasteiger partial charge in [-0.15, -0.1) is 0 Å². The van der Waals surface area contributed by atoms with E-state index >= 15 is 0 Å². The number of imidazole rings is 1. The van der Waals surface area contributed by atoms with E-state index in [1.54, 1.807) is 0 Å². The predicted molar refractivity (Wildman–Crippen MR) is 117 cm³/mol. The number of rotatable bonds is 5. The smallest absolute Gasteiger partial charge is 0.122 e. The van der Waals surface area contributed by atoms with Crippen molar-refractivity contribution in [2.75, 3.05) is 19.8 Å². The molecule has 0 amide bonds. The largest absolute Gasteiger partial charge is 0.494 e. The minimum Gasteiger partial charge on any atom is -0.494 e. The second-order valence-corrected chi connectivity index (χ2v) is 8.30. The van der Waals surface area contributed by atoms with Gasteiger partial charge < -0.3 is 19.4 Å². The lowest BCUT2D eigenvalue weighted by Gasteiger charge is -2.41. The molecule has 3 atom stereocenters. The molecule has 0 aliphatic carbocycles. The molecule has 5 rings (SSSR count). The van der Waals surface area contributed by atoms with Crippen LogP contribution in [0.2, 0.25) is 0 Å². The molecule has 0 radical (unpaired) electrons. The molecule has 1 aromatic heterocycles. The molecule has 1 N–H and O–H groups in total. The van der Waals surface area contributed by atoms with Crippen molar-refractivity contribution in [3.05, 3.63) is 78.4 Å². The highest BCUT2D eigenvalue weighted by Crippen LogP contribution is 2.49. The van der Waals surface area contributed by atoms with Crippen LogP contribution in [0.15, 0.2) is 67.3 Å². The van der Waals surface area contributed by atoms with Crippen LogP contribution >= 0.6 is 0 Å². The van der Waals surface area contributed by atoms with E-state index in [1.807, 2.05) is 30.2 Å². The zero-order valence-electron chi connectivity index (χ0n) is 17.5. The molecule has 5 nitrogen and oxygen atoms in total. The average Bonchev–Trinajstić information content (AvgIpc) is 3.47. The van der Waals surface area contributed by atoms with Crippen molar-refractivity contribution in [2.45, 2.75) is 43.7 Å². The fourth-order valence-corrected chi connectivity index (χ4v) is 5.12. The molecule has 2 aromatic carbocycles. The Kier molecular flexibility index (Phi) is 5.32. The topological polar surface area (TPSA) is 48.3 Å². The summed E-state index contributed by atoms with van der Waals surface area (Å²) in [4.78, 5) is 4.20. The molecule has 3 heterocycles. The van der Waals surface area contributed by atoms with E-state index in [2.05, 4.69) is 58.8 Å². The molecular formula is C25H29N3O2. The highest BCUT2D eigenvalue weighted by atomic mass is 16.5. The first-order valence-electron chi connectivity index (χ1n) is 11.0. The number of ether oxygens (including phenoxy) is 2. The van der Waals surface area contributed by atoms with E-state index in [0.717, 1.165) is 43.9 Å². The van der Waals surface area contributed by atoms with Gasteiger partial charge in [-0.2, -0.15) is 0 Å². The van der Waals surface area contributed by atoms with Crippen molar-refractivity contribution < 1.29 is 9.47 Å². The maximum Gasteiger partial charge on any atom is 0.122 e. The Balaban J connectivity index is 1.48. The monoisotopic (exact) mass is 403 g/mol. The summed E-state index contributed by atoms with van der Waals surface area (Å²) >= 11 is 0. The molecular weight excluding hydrogens is 374 g/mol. The third-order valence-corrected chi connectivity index (χ3v) is 6.48. The van der Waals surface area contributed by atoms with Gasteiger partial charge in [-0.25, -0.2) is 4.98 Å². The van der Waals surface area contributed by atoms with E-state index in [-0.39, 0.29) is 11.6 Å². The van der Waals surface area contributed by atoms with Gasteiger partial charge in [-0.3, -0.25) is 0 Å². The first-order chi connectivity index (χ1) is 14.8. The third kappa shape index (κ3) is 3.53. The van der Waals surface area contributed by atoms with Crippen molar-refractivity contribution in [2.24, 2.45) is 0 Å². The summed E-state index contributed by atoms with van der Waals surface area (Å²) in [5, 5.41) is 3.75. The Morgan fingerprint density at radius 2 is 2.13 bits per heavy atom. The molecule has 0 unspecified atom stereocenters. The highest BCUT2D eigenvalue weighted by Gasteiger charge is 2.49. The second kappa shape index (κ2) is 8.25.